The molecule has 0 aliphatic carbocycles. The van der Waals surface area contributed by atoms with Crippen LogP contribution in [0.1, 0.15) is 23.6 Å². The second-order valence-electron chi connectivity index (χ2n) is 3.96. The van der Waals surface area contributed by atoms with Crippen molar-refractivity contribution in [3.8, 4) is 0 Å². The summed E-state index contributed by atoms with van der Waals surface area (Å²) in [6.45, 7) is 4.87. The SMILES string of the molecule is Cc1ccc2c(c1)CNCC2(C)F. The third kappa shape index (κ3) is 1.46. The summed E-state index contributed by atoms with van der Waals surface area (Å²) < 4.78 is 13.9. The number of rotatable bonds is 0. The van der Waals surface area contributed by atoms with Gasteiger partial charge in [0.25, 0.3) is 0 Å². The van der Waals surface area contributed by atoms with Gasteiger partial charge in [0.05, 0.1) is 0 Å². The van der Waals surface area contributed by atoms with Crippen LogP contribution in [-0.2, 0) is 12.2 Å². The molecule has 1 heterocycles. The Labute approximate surface area is 78.0 Å². The lowest BCUT2D eigenvalue weighted by atomic mass is 9.89. The predicted molar refractivity (Wildman–Crippen MR) is 51.3 cm³/mol. The Balaban J connectivity index is 2.53. The highest BCUT2D eigenvalue weighted by molar-refractivity contribution is 5.37. The van der Waals surface area contributed by atoms with E-state index in [-0.39, 0.29) is 0 Å². The molecule has 0 bridgehead atoms. The topological polar surface area (TPSA) is 12.0 Å². The molecular formula is C11H14FN. The number of aryl methyl sites for hydroxylation is 1. The maximum atomic E-state index is 13.9. The molecule has 1 aliphatic rings. The molecule has 1 aromatic rings. The standard InChI is InChI=1S/C11H14FN/c1-8-3-4-10-9(5-8)6-13-7-11(10,2)12/h3-5,13H,6-7H2,1-2H3. The van der Waals surface area contributed by atoms with E-state index < -0.39 is 5.67 Å². The number of hydrogen-bond donors (Lipinski definition) is 1. The van der Waals surface area contributed by atoms with Crippen molar-refractivity contribution in [3.05, 3.63) is 34.9 Å². The summed E-state index contributed by atoms with van der Waals surface area (Å²) in [6, 6.07) is 5.94. The second kappa shape index (κ2) is 2.81. The Morgan fingerprint density at radius 2 is 2.23 bits per heavy atom. The van der Waals surface area contributed by atoms with Crippen LogP contribution in [0.2, 0.25) is 0 Å². The fraction of sp³-hybridized carbons (Fsp3) is 0.455. The third-order valence-corrected chi connectivity index (χ3v) is 2.59. The quantitative estimate of drug-likeness (QED) is 0.644. The molecule has 1 aromatic carbocycles. The molecule has 2 heteroatoms. The van der Waals surface area contributed by atoms with Gasteiger partial charge in [-0.05, 0) is 25.0 Å². The van der Waals surface area contributed by atoms with Crippen LogP contribution < -0.4 is 5.32 Å². The maximum absolute atomic E-state index is 13.9. The van der Waals surface area contributed by atoms with Crippen molar-refractivity contribution >= 4 is 0 Å². The Morgan fingerprint density at radius 1 is 1.46 bits per heavy atom. The first-order chi connectivity index (χ1) is 6.09. The zero-order valence-electron chi connectivity index (χ0n) is 8.02. The van der Waals surface area contributed by atoms with Crippen LogP contribution in [0.25, 0.3) is 0 Å². The van der Waals surface area contributed by atoms with Gasteiger partial charge in [-0.15, -0.1) is 0 Å². The number of hydrogen-bond acceptors (Lipinski definition) is 1. The normalized spacial score (nSPS) is 27.0. The van der Waals surface area contributed by atoms with Gasteiger partial charge in [-0.3, -0.25) is 0 Å². The van der Waals surface area contributed by atoms with E-state index in [0.29, 0.717) is 6.54 Å². The first-order valence-corrected chi connectivity index (χ1v) is 4.59. The molecule has 13 heavy (non-hydrogen) atoms. The van der Waals surface area contributed by atoms with Crippen molar-refractivity contribution in [1.82, 2.24) is 5.32 Å². The summed E-state index contributed by atoms with van der Waals surface area (Å²) in [5.74, 6) is 0. The zero-order chi connectivity index (χ0) is 9.47. The molecule has 70 valence electrons. The minimum atomic E-state index is -1.21. The summed E-state index contributed by atoms with van der Waals surface area (Å²) in [4.78, 5) is 0. The van der Waals surface area contributed by atoms with Gasteiger partial charge < -0.3 is 5.32 Å². The lowest BCUT2D eigenvalue weighted by Crippen LogP contribution is -2.37. The highest BCUT2D eigenvalue weighted by Gasteiger charge is 2.31. The van der Waals surface area contributed by atoms with Crippen LogP contribution in [0.15, 0.2) is 18.2 Å². The van der Waals surface area contributed by atoms with Crippen LogP contribution in [0.3, 0.4) is 0 Å². The van der Waals surface area contributed by atoms with Crippen LogP contribution in [-0.4, -0.2) is 6.54 Å². The Bertz CT molecular complexity index is 331. The van der Waals surface area contributed by atoms with Crippen LogP contribution in [0.5, 0.6) is 0 Å². The number of benzene rings is 1. The van der Waals surface area contributed by atoms with Gasteiger partial charge >= 0.3 is 0 Å². The van der Waals surface area contributed by atoms with E-state index in [2.05, 4.69) is 11.4 Å². The van der Waals surface area contributed by atoms with Crippen molar-refractivity contribution in [3.63, 3.8) is 0 Å². The molecule has 0 radical (unpaired) electrons. The Hall–Kier alpha value is -0.890. The molecule has 0 saturated heterocycles. The van der Waals surface area contributed by atoms with Gasteiger partial charge in [0.15, 0.2) is 0 Å². The van der Waals surface area contributed by atoms with E-state index in [4.69, 9.17) is 0 Å². The molecule has 1 atom stereocenters. The smallest absolute Gasteiger partial charge is 0.145 e. The van der Waals surface area contributed by atoms with Gasteiger partial charge in [0.2, 0.25) is 0 Å². The van der Waals surface area contributed by atoms with Gasteiger partial charge in [-0.1, -0.05) is 23.8 Å². The van der Waals surface area contributed by atoms with Crippen molar-refractivity contribution < 1.29 is 4.39 Å². The predicted octanol–water partition coefficient (Wildman–Crippen LogP) is 2.28. The Kier molecular flexibility index (Phi) is 1.88. The highest BCUT2D eigenvalue weighted by Crippen LogP contribution is 2.31. The molecular weight excluding hydrogens is 165 g/mol. The van der Waals surface area contributed by atoms with Crippen molar-refractivity contribution in [2.24, 2.45) is 0 Å². The molecule has 0 spiro atoms. The Morgan fingerprint density at radius 3 is 3.00 bits per heavy atom. The summed E-state index contributed by atoms with van der Waals surface area (Å²) >= 11 is 0. The van der Waals surface area contributed by atoms with Crippen LogP contribution in [0, 0.1) is 6.92 Å². The van der Waals surface area contributed by atoms with Gasteiger partial charge in [-0.25, -0.2) is 4.39 Å². The molecule has 0 saturated carbocycles. The van der Waals surface area contributed by atoms with Gasteiger partial charge in [0, 0.05) is 13.1 Å². The van der Waals surface area contributed by atoms with Crippen LogP contribution in [0.4, 0.5) is 4.39 Å². The monoisotopic (exact) mass is 179 g/mol. The second-order valence-corrected chi connectivity index (χ2v) is 3.96. The van der Waals surface area contributed by atoms with Gasteiger partial charge in [0.1, 0.15) is 5.67 Å². The molecule has 1 aliphatic heterocycles. The lowest BCUT2D eigenvalue weighted by Gasteiger charge is -2.29. The summed E-state index contributed by atoms with van der Waals surface area (Å²) in [5.41, 5.74) is 1.92. The summed E-state index contributed by atoms with van der Waals surface area (Å²) in [6.07, 6.45) is 0. The molecule has 1 unspecified atom stereocenters. The summed E-state index contributed by atoms with van der Waals surface area (Å²) in [7, 11) is 0. The largest absolute Gasteiger partial charge is 0.309 e. The molecule has 0 aromatic heterocycles. The average Bonchev–Trinajstić information content (AvgIpc) is 2.02. The fourth-order valence-corrected chi connectivity index (χ4v) is 1.90. The molecule has 0 amide bonds. The zero-order valence-corrected chi connectivity index (χ0v) is 8.02. The van der Waals surface area contributed by atoms with E-state index >= 15 is 0 Å². The van der Waals surface area contributed by atoms with Crippen LogP contribution >= 0.6 is 0 Å². The van der Waals surface area contributed by atoms with E-state index in [0.717, 1.165) is 17.7 Å². The number of nitrogens with one attached hydrogen (secondary N) is 1. The van der Waals surface area contributed by atoms with E-state index in [1.54, 1.807) is 6.92 Å². The lowest BCUT2D eigenvalue weighted by molar-refractivity contribution is 0.173. The number of alkyl halides is 1. The summed E-state index contributed by atoms with van der Waals surface area (Å²) in [5, 5.41) is 3.08. The first kappa shape index (κ1) is 8.70. The maximum Gasteiger partial charge on any atom is 0.145 e. The van der Waals surface area contributed by atoms with Crippen molar-refractivity contribution in [2.75, 3.05) is 6.54 Å². The van der Waals surface area contributed by atoms with Crippen molar-refractivity contribution in [1.29, 1.82) is 0 Å². The minimum absolute atomic E-state index is 0.420. The van der Waals surface area contributed by atoms with Gasteiger partial charge in [-0.2, -0.15) is 0 Å². The molecule has 2 rings (SSSR count). The van der Waals surface area contributed by atoms with Crippen molar-refractivity contribution in [2.45, 2.75) is 26.1 Å². The third-order valence-electron chi connectivity index (χ3n) is 2.59. The molecule has 1 N–H and O–H groups in total. The minimum Gasteiger partial charge on any atom is -0.309 e. The number of halogens is 1. The first-order valence-electron chi connectivity index (χ1n) is 4.59. The van der Waals surface area contributed by atoms with E-state index in [1.807, 2.05) is 19.1 Å². The molecule has 1 nitrogen and oxygen atoms in total. The van der Waals surface area contributed by atoms with E-state index in [1.165, 1.54) is 5.56 Å². The van der Waals surface area contributed by atoms with E-state index in [9.17, 15) is 4.39 Å². The molecule has 0 fully saturated rings. The number of fused-ring (bicyclic) bond motifs is 1. The highest BCUT2D eigenvalue weighted by atomic mass is 19.1. The fourth-order valence-electron chi connectivity index (χ4n) is 1.90. The average molecular weight is 179 g/mol.